The average Bonchev–Trinajstić information content (AvgIpc) is 2.82. The minimum atomic E-state index is -0.409. The molecule has 0 unspecified atom stereocenters. The van der Waals surface area contributed by atoms with Gasteiger partial charge in [0.2, 0.25) is 0 Å². The van der Waals surface area contributed by atoms with Crippen molar-refractivity contribution in [2.24, 2.45) is 0 Å². The van der Waals surface area contributed by atoms with Gasteiger partial charge in [-0.3, -0.25) is 10.1 Å². The van der Waals surface area contributed by atoms with E-state index in [9.17, 15) is 10.1 Å². The summed E-state index contributed by atoms with van der Waals surface area (Å²) in [4.78, 5) is 19.9. The molecule has 0 saturated carbocycles. The fraction of sp³-hybridized carbons (Fsp3) is 0.364. The average molecular weight is 247 g/mol. The lowest BCUT2D eigenvalue weighted by molar-refractivity contribution is -0.383. The zero-order chi connectivity index (χ0) is 12.5. The molecule has 0 bridgehead atoms. The van der Waals surface area contributed by atoms with Gasteiger partial charge in [-0.15, -0.1) is 0 Å². The number of piperazine rings is 1. The van der Waals surface area contributed by atoms with Gasteiger partial charge in [0.15, 0.2) is 5.52 Å². The Morgan fingerprint density at radius 1 is 1.33 bits per heavy atom. The van der Waals surface area contributed by atoms with Crippen LogP contribution in [0.25, 0.3) is 11.0 Å². The second kappa shape index (κ2) is 4.26. The molecule has 0 amide bonds. The minimum Gasteiger partial charge on any atom is -0.354 e. The topological polar surface area (TPSA) is 87.1 Å². The van der Waals surface area contributed by atoms with Crippen LogP contribution in [0.3, 0.4) is 0 Å². The van der Waals surface area contributed by atoms with Crippen molar-refractivity contribution in [2.75, 3.05) is 31.1 Å². The number of nitro groups is 1. The number of anilines is 1. The number of aromatic amines is 1. The summed E-state index contributed by atoms with van der Waals surface area (Å²) in [5.74, 6) is 0.798. The third-order valence-electron chi connectivity index (χ3n) is 3.13. The van der Waals surface area contributed by atoms with Crippen molar-refractivity contribution in [1.29, 1.82) is 0 Å². The Morgan fingerprint density at radius 2 is 2.11 bits per heavy atom. The molecule has 2 aromatic heterocycles. The molecular formula is C11H13N5O2. The highest BCUT2D eigenvalue weighted by Gasteiger charge is 2.18. The number of aromatic nitrogens is 2. The number of nitrogens with one attached hydrogen (secondary N) is 2. The van der Waals surface area contributed by atoms with Crippen LogP contribution in [-0.2, 0) is 0 Å². The second-order valence-electron chi connectivity index (χ2n) is 4.23. The van der Waals surface area contributed by atoms with Gasteiger partial charge < -0.3 is 15.2 Å². The van der Waals surface area contributed by atoms with Gasteiger partial charge in [0.1, 0.15) is 5.82 Å². The van der Waals surface area contributed by atoms with E-state index in [-0.39, 0.29) is 5.69 Å². The van der Waals surface area contributed by atoms with E-state index in [0.29, 0.717) is 11.0 Å². The van der Waals surface area contributed by atoms with Crippen LogP contribution in [0.2, 0.25) is 0 Å². The molecule has 0 aromatic carbocycles. The Bertz CT molecular complexity index is 588. The SMILES string of the molecule is O=[N+]([O-])c1c[nH]c2ccc(N3CCNCC3)nc12. The van der Waals surface area contributed by atoms with E-state index in [1.807, 2.05) is 12.1 Å². The van der Waals surface area contributed by atoms with E-state index in [0.717, 1.165) is 32.0 Å². The van der Waals surface area contributed by atoms with Crippen LogP contribution in [0.1, 0.15) is 0 Å². The molecule has 1 saturated heterocycles. The van der Waals surface area contributed by atoms with Crippen molar-refractivity contribution < 1.29 is 4.92 Å². The first-order valence-corrected chi connectivity index (χ1v) is 5.84. The predicted molar refractivity (Wildman–Crippen MR) is 67.8 cm³/mol. The highest BCUT2D eigenvalue weighted by atomic mass is 16.6. The lowest BCUT2D eigenvalue weighted by Crippen LogP contribution is -2.43. The van der Waals surface area contributed by atoms with Gasteiger partial charge in [0, 0.05) is 26.2 Å². The van der Waals surface area contributed by atoms with Gasteiger partial charge in [-0.2, -0.15) is 0 Å². The van der Waals surface area contributed by atoms with E-state index < -0.39 is 4.92 Å². The molecule has 94 valence electrons. The Balaban J connectivity index is 2.03. The summed E-state index contributed by atoms with van der Waals surface area (Å²) < 4.78 is 0. The maximum atomic E-state index is 10.9. The molecule has 0 spiro atoms. The normalized spacial score (nSPS) is 16.1. The Labute approximate surface area is 103 Å². The molecule has 2 N–H and O–H groups in total. The number of fused-ring (bicyclic) bond motifs is 1. The van der Waals surface area contributed by atoms with Crippen molar-refractivity contribution in [2.45, 2.75) is 0 Å². The van der Waals surface area contributed by atoms with Crippen LogP contribution in [0.15, 0.2) is 18.3 Å². The van der Waals surface area contributed by atoms with Crippen LogP contribution in [0, 0.1) is 10.1 Å². The molecule has 0 radical (unpaired) electrons. The first-order valence-electron chi connectivity index (χ1n) is 5.84. The van der Waals surface area contributed by atoms with Crippen LogP contribution in [-0.4, -0.2) is 41.1 Å². The smallest absolute Gasteiger partial charge is 0.312 e. The van der Waals surface area contributed by atoms with Gasteiger partial charge in [-0.25, -0.2) is 4.98 Å². The van der Waals surface area contributed by atoms with E-state index in [1.54, 1.807) is 0 Å². The lowest BCUT2D eigenvalue weighted by Gasteiger charge is -2.28. The Hall–Kier alpha value is -2.15. The number of nitrogens with zero attached hydrogens (tertiary/aromatic N) is 3. The molecule has 1 aliphatic rings. The second-order valence-corrected chi connectivity index (χ2v) is 4.23. The predicted octanol–water partition coefficient (Wildman–Crippen LogP) is 0.881. The first kappa shape index (κ1) is 11.0. The Morgan fingerprint density at radius 3 is 2.83 bits per heavy atom. The number of hydrogen-bond acceptors (Lipinski definition) is 5. The van der Waals surface area contributed by atoms with Crippen molar-refractivity contribution >= 4 is 22.5 Å². The Kier molecular flexibility index (Phi) is 2.60. The molecule has 1 aliphatic heterocycles. The first-order chi connectivity index (χ1) is 8.75. The zero-order valence-corrected chi connectivity index (χ0v) is 9.72. The highest BCUT2D eigenvalue weighted by molar-refractivity contribution is 5.86. The summed E-state index contributed by atoms with van der Waals surface area (Å²) in [6, 6.07) is 3.74. The summed E-state index contributed by atoms with van der Waals surface area (Å²) in [5.41, 5.74) is 1.15. The fourth-order valence-electron chi connectivity index (χ4n) is 2.18. The number of H-pyrrole nitrogens is 1. The van der Waals surface area contributed by atoms with E-state index in [1.165, 1.54) is 6.20 Å². The minimum absolute atomic E-state index is 0.0296. The highest BCUT2D eigenvalue weighted by Crippen LogP contribution is 2.25. The monoisotopic (exact) mass is 247 g/mol. The van der Waals surface area contributed by atoms with Gasteiger partial charge in [0.25, 0.3) is 0 Å². The summed E-state index contributed by atoms with van der Waals surface area (Å²) in [6.45, 7) is 3.57. The molecule has 7 heteroatoms. The molecule has 1 fully saturated rings. The maximum Gasteiger partial charge on any atom is 0.312 e. The largest absolute Gasteiger partial charge is 0.354 e. The quantitative estimate of drug-likeness (QED) is 0.607. The molecule has 0 atom stereocenters. The number of pyridine rings is 1. The number of rotatable bonds is 2. The van der Waals surface area contributed by atoms with Gasteiger partial charge in [-0.1, -0.05) is 0 Å². The third kappa shape index (κ3) is 1.78. The van der Waals surface area contributed by atoms with E-state index in [4.69, 9.17) is 0 Å². The van der Waals surface area contributed by atoms with Crippen LogP contribution in [0.4, 0.5) is 11.5 Å². The summed E-state index contributed by atoms with van der Waals surface area (Å²) in [5, 5.41) is 14.1. The molecule has 0 aliphatic carbocycles. The third-order valence-corrected chi connectivity index (χ3v) is 3.13. The van der Waals surface area contributed by atoms with Crippen LogP contribution < -0.4 is 10.2 Å². The van der Waals surface area contributed by atoms with Crippen molar-refractivity contribution in [1.82, 2.24) is 15.3 Å². The van der Waals surface area contributed by atoms with Gasteiger partial charge in [-0.05, 0) is 12.1 Å². The molecule has 18 heavy (non-hydrogen) atoms. The fourth-order valence-corrected chi connectivity index (χ4v) is 2.18. The summed E-state index contributed by atoms with van der Waals surface area (Å²) >= 11 is 0. The lowest BCUT2D eigenvalue weighted by atomic mass is 10.3. The van der Waals surface area contributed by atoms with Gasteiger partial charge in [0.05, 0.1) is 16.6 Å². The van der Waals surface area contributed by atoms with Crippen molar-refractivity contribution in [3.8, 4) is 0 Å². The molecule has 7 nitrogen and oxygen atoms in total. The summed E-state index contributed by atoms with van der Waals surface area (Å²) in [6.07, 6.45) is 1.39. The molecule has 2 aromatic rings. The molecule has 3 rings (SSSR count). The van der Waals surface area contributed by atoms with E-state index in [2.05, 4.69) is 20.2 Å². The van der Waals surface area contributed by atoms with Crippen LogP contribution in [0.5, 0.6) is 0 Å². The van der Waals surface area contributed by atoms with Crippen molar-refractivity contribution in [3.05, 3.63) is 28.4 Å². The molecule has 3 heterocycles. The standard InChI is InChI=1S/C11H13N5O2/c17-16(18)9-7-13-8-1-2-10(14-11(8)9)15-5-3-12-4-6-15/h1-2,7,12-13H,3-6H2. The van der Waals surface area contributed by atoms with Gasteiger partial charge >= 0.3 is 5.69 Å². The molecular weight excluding hydrogens is 234 g/mol. The maximum absolute atomic E-state index is 10.9. The summed E-state index contributed by atoms with van der Waals surface area (Å²) in [7, 11) is 0. The van der Waals surface area contributed by atoms with Crippen molar-refractivity contribution in [3.63, 3.8) is 0 Å². The zero-order valence-electron chi connectivity index (χ0n) is 9.72. The van der Waals surface area contributed by atoms with Crippen LogP contribution >= 0.6 is 0 Å². The number of hydrogen-bond donors (Lipinski definition) is 2. The van der Waals surface area contributed by atoms with E-state index >= 15 is 0 Å².